The molecule has 1 saturated heterocycles. The normalized spacial score (nSPS) is 19.8. The van der Waals surface area contributed by atoms with Gasteiger partial charge in [-0.05, 0) is 49.9 Å². The lowest BCUT2D eigenvalue weighted by atomic mass is 9.97. The van der Waals surface area contributed by atoms with Gasteiger partial charge >= 0.3 is 0 Å². The van der Waals surface area contributed by atoms with Crippen LogP contribution in [-0.2, 0) is 23.1 Å². The molecule has 1 fully saturated rings. The molecular weight excluding hydrogens is 537 g/mol. The van der Waals surface area contributed by atoms with Gasteiger partial charge in [-0.1, -0.05) is 42.5 Å². The second kappa shape index (κ2) is 12.5. The average Bonchev–Trinajstić information content (AvgIpc) is 2.74. The Morgan fingerprint density at radius 2 is 1.81 bits per heavy atom. The lowest BCUT2D eigenvalue weighted by molar-refractivity contribution is 0.134. The number of halogens is 1. The Bertz CT molecular complexity index is 968. The van der Waals surface area contributed by atoms with Crippen molar-refractivity contribution in [1.82, 2.24) is 15.5 Å². The summed E-state index contributed by atoms with van der Waals surface area (Å²) in [6.07, 6.45) is 2.12. The van der Waals surface area contributed by atoms with Gasteiger partial charge in [0.1, 0.15) is 0 Å². The van der Waals surface area contributed by atoms with Crippen LogP contribution in [0, 0.1) is 0 Å². The molecule has 0 bridgehead atoms. The van der Waals surface area contributed by atoms with E-state index in [4.69, 9.17) is 5.14 Å². The van der Waals surface area contributed by atoms with E-state index >= 15 is 0 Å². The van der Waals surface area contributed by atoms with E-state index in [2.05, 4.69) is 57.8 Å². The molecule has 1 heterocycles. The van der Waals surface area contributed by atoms with E-state index in [1.54, 1.807) is 12.1 Å². The number of guanidine groups is 1. The molecule has 1 aliphatic rings. The van der Waals surface area contributed by atoms with Crippen LogP contribution in [0.25, 0.3) is 0 Å². The minimum atomic E-state index is -3.67. The fourth-order valence-electron chi connectivity index (χ4n) is 3.87. The van der Waals surface area contributed by atoms with E-state index in [1.807, 2.05) is 6.92 Å². The first kappa shape index (κ1) is 26.6. The van der Waals surface area contributed by atoms with Crippen molar-refractivity contribution in [3.05, 3.63) is 65.7 Å². The summed E-state index contributed by atoms with van der Waals surface area (Å²) in [5, 5.41) is 12.0. The van der Waals surface area contributed by atoms with Gasteiger partial charge in [-0.15, -0.1) is 24.0 Å². The van der Waals surface area contributed by atoms with Gasteiger partial charge in [0, 0.05) is 31.7 Å². The van der Waals surface area contributed by atoms with Crippen LogP contribution in [0.4, 0.5) is 0 Å². The fourth-order valence-corrected chi connectivity index (χ4v) is 4.39. The molecule has 0 radical (unpaired) electrons. The largest absolute Gasteiger partial charge is 0.357 e. The Hall–Kier alpha value is -1.69. The summed E-state index contributed by atoms with van der Waals surface area (Å²) in [5.74, 6) is 0.784. The van der Waals surface area contributed by atoms with Crippen molar-refractivity contribution in [2.45, 2.75) is 56.8 Å². The topological polar surface area (TPSA) is 99.8 Å². The third-order valence-electron chi connectivity index (χ3n) is 5.60. The van der Waals surface area contributed by atoms with Gasteiger partial charge < -0.3 is 10.6 Å². The van der Waals surface area contributed by atoms with Crippen LogP contribution in [0.1, 0.15) is 37.8 Å². The fraction of sp³-hybridized carbons (Fsp3) is 0.435. The first-order valence-electron chi connectivity index (χ1n) is 10.8. The van der Waals surface area contributed by atoms with Crippen LogP contribution in [0.5, 0.6) is 0 Å². The Kier molecular flexibility index (Phi) is 10.4. The molecule has 1 aliphatic heterocycles. The molecule has 9 heteroatoms. The molecule has 0 aromatic heterocycles. The number of nitrogens with two attached hydrogens (primary N) is 1. The van der Waals surface area contributed by atoms with E-state index in [1.165, 1.54) is 17.7 Å². The summed E-state index contributed by atoms with van der Waals surface area (Å²) in [6.45, 7) is 7.60. The van der Waals surface area contributed by atoms with E-state index in [-0.39, 0.29) is 28.9 Å². The number of rotatable bonds is 7. The smallest absolute Gasteiger partial charge is 0.238 e. The van der Waals surface area contributed by atoms with Crippen LogP contribution >= 0.6 is 24.0 Å². The van der Waals surface area contributed by atoms with Gasteiger partial charge in [-0.2, -0.15) is 0 Å². The third-order valence-corrected chi connectivity index (χ3v) is 6.53. The maximum absolute atomic E-state index is 11.4. The standard InChI is InChI=1S/C23H33N5O2S.HI/c1-3-25-23(26-16-19-9-11-22(12-10-19)31(24,29)30)27-21-13-14-28(18(2)15-21)17-20-7-5-4-6-8-20;/h4-12,18,21H,3,13-17H2,1-2H3,(H2,24,29,30)(H2,25,26,27);1H. The zero-order valence-corrected chi connectivity index (χ0v) is 21.8. The summed E-state index contributed by atoms with van der Waals surface area (Å²) in [7, 11) is -3.67. The molecule has 0 amide bonds. The second-order valence-electron chi connectivity index (χ2n) is 8.05. The number of nitrogens with zero attached hydrogens (tertiary/aromatic N) is 2. The third kappa shape index (κ3) is 8.02. The summed E-state index contributed by atoms with van der Waals surface area (Å²) in [5.41, 5.74) is 2.28. The minimum absolute atomic E-state index is 0. The number of likely N-dealkylation sites (tertiary alicyclic amines) is 1. The maximum atomic E-state index is 11.4. The number of primary sulfonamides is 1. The minimum Gasteiger partial charge on any atom is -0.357 e. The highest BCUT2D eigenvalue weighted by Crippen LogP contribution is 2.20. The molecule has 2 atom stereocenters. The monoisotopic (exact) mass is 571 g/mol. The Morgan fingerprint density at radius 1 is 1.12 bits per heavy atom. The zero-order chi connectivity index (χ0) is 22.3. The first-order chi connectivity index (χ1) is 14.8. The summed E-state index contributed by atoms with van der Waals surface area (Å²) in [6, 6.07) is 18.0. The van der Waals surface area contributed by atoms with Crippen LogP contribution in [0.15, 0.2) is 64.5 Å². The van der Waals surface area contributed by atoms with Crippen molar-refractivity contribution in [2.24, 2.45) is 10.1 Å². The van der Waals surface area contributed by atoms with E-state index < -0.39 is 10.0 Å². The van der Waals surface area contributed by atoms with Crippen LogP contribution in [-0.4, -0.2) is 44.5 Å². The van der Waals surface area contributed by atoms with Crippen molar-refractivity contribution < 1.29 is 8.42 Å². The van der Waals surface area contributed by atoms with Crippen LogP contribution in [0.2, 0.25) is 0 Å². The van der Waals surface area contributed by atoms with Crippen molar-refractivity contribution in [3.63, 3.8) is 0 Å². The molecule has 0 aliphatic carbocycles. The molecule has 0 saturated carbocycles. The second-order valence-corrected chi connectivity index (χ2v) is 9.62. The van der Waals surface area contributed by atoms with Crippen molar-refractivity contribution in [2.75, 3.05) is 13.1 Å². The van der Waals surface area contributed by atoms with Gasteiger partial charge in [0.05, 0.1) is 11.4 Å². The van der Waals surface area contributed by atoms with Gasteiger partial charge in [0.15, 0.2) is 5.96 Å². The number of nitrogens with one attached hydrogen (secondary N) is 2. The molecule has 0 spiro atoms. The molecule has 7 nitrogen and oxygen atoms in total. The molecule has 4 N–H and O–H groups in total. The SMILES string of the molecule is CCNC(=NCc1ccc(S(N)(=O)=O)cc1)NC1CCN(Cc2ccccc2)C(C)C1.I. The maximum Gasteiger partial charge on any atom is 0.238 e. The van der Waals surface area contributed by atoms with Crippen molar-refractivity contribution >= 4 is 40.0 Å². The number of hydrogen-bond donors (Lipinski definition) is 3. The van der Waals surface area contributed by atoms with Crippen molar-refractivity contribution in [1.29, 1.82) is 0 Å². The highest BCUT2D eigenvalue weighted by atomic mass is 127. The van der Waals surface area contributed by atoms with E-state index in [9.17, 15) is 8.42 Å². The summed E-state index contributed by atoms with van der Waals surface area (Å²) < 4.78 is 22.8. The number of piperidine rings is 1. The molecule has 2 unspecified atom stereocenters. The first-order valence-corrected chi connectivity index (χ1v) is 12.3. The Morgan fingerprint density at radius 3 is 2.41 bits per heavy atom. The molecule has 32 heavy (non-hydrogen) atoms. The van der Waals surface area contributed by atoms with Crippen molar-refractivity contribution in [3.8, 4) is 0 Å². The number of sulfonamides is 1. The molecule has 3 rings (SSSR count). The molecule has 176 valence electrons. The molecule has 2 aromatic carbocycles. The molecule has 2 aromatic rings. The highest BCUT2D eigenvalue weighted by Gasteiger charge is 2.26. The molecular formula is C23H34IN5O2S. The van der Waals surface area contributed by atoms with E-state index in [0.29, 0.717) is 18.6 Å². The van der Waals surface area contributed by atoms with Gasteiger partial charge in [0.2, 0.25) is 10.0 Å². The summed E-state index contributed by atoms with van der Waals surface area (Å²) >= 11 is 0. The number of aliphatic imine (C=N–C) groups is 1. The van der Waals surface area contributed by atoms with Gasteiger partial charge in [-0.3, -0.25) is 4.90 Å². The average molecular weight is 572 g/mol. The van der Waals surface area contributed by atoms with Crippen LogP contribution < -0.4 is 15.8 Å². The Labute approximate surface area is 208 Å². The van der Waals surface area contributed by atoms with Crippen LogP contribution in [0.3, 0.4) is 0 Å². The summed E-state index contributed by atoms with van der Waals surface area (Å²) in [4.78, 5) is 7.33. The Balaban J connectivity index is 0.00000363. The lowest BCUT2D eigenvalue weighted by Gasteiger charge is -2.38. The quantitative estimate of drug-likeness (QED) is 0.270. The number of hydrogen-bond acceptors (Lipinski definition) is 4. The lowest BCUT2D eigenvalue weighted by Crippen LogP contribution is -2.51. The van der Waals surface area contributed by atoms with Gasteiger partial charge in [0.25, 0.3) is 0 Å². The zero-order valence-electron chi connectivity index (χ0n) is 18.7. The predicted molar refractivity (Wildman–Crippen MR) is 141 cm³/mol. The highest BCUT2D eigenvalue weighted by molar-refractivity contribution is 14.0. The predicted octanol–water partition coefficient (Wildman–Crippen LogP) is 3.06. The van der Waals surface area contributed by atoms with Gasteiger partial charge in [-0.25, -0.2) is 18.5 Å². The van der Waals surface area contributed by atoms with E-state index in [0.717, 1.165) is 44.0 Å². The number of benzene rings is 2.